The Morgan fingerprint density at radius 1 is 1.42 bits per heavy atom. The molecule has 19 heavy (non-hydrogen) atoms. The molecule has 98 valence electrons. The zero-order valence-corrected chi connectivity index (χ0v) is 12.6. The van der Waals surface area contributed by atoms with E-state index >= 15 is 0 Å². The summed E-state index contributed by atoms with van der Waals surface area (Å²) in [5.74, 6) is -0.429. The van der Waals surface area contributed by atoms with Crippen LogP contribution in [0.1, 0.15) is 27.3 Å². The molecule has 0 saturated heterocycles. The van der Waals surface area contributed by atoms with Crippen molar-refractivity contribution in [2.24, 2.45) is 0 Å². The summed E-state index contributed by atoms with van der Waals surface area (Å²) in [6, 6.07) is 7.88. The molecule has 2 rings (SSSR count). The van der Waals surface area contributed by atoms with Gasteiger partial charge in [0.25, 0.3) is 0 Å². The molecule has 0 bridgehead atoms. The number of aromatic nitrogens is 2. The van der Waals surface area contributed by atoms with E-state index in [1.807, 2.05) is 36.4 Å². The van der Waals surface area contributed by atoms with E-state index in [-0.39, 0.29) is 5.01 Å². The Morgan fingerprint density at radius 3 is 3.00 bits per heavy atom. The van der Waals surface area contributed by atoms with Gasteiger partial charge < -0.3 is 4.74 Å². The second-order valence-corrected chi connectivity index (χ2v) is 5.48. The maximum Gasteiger partial charge on any atom is 0.369 e. The Hall–Kier alpha value is -1.53. The lowest BCUT2D eigenvalue weighted by molar-refractivity contribution is 0.0525. The fourth-order valence-corrected chi connectivity index (χ4v) is 2.41. The Morgan fingerprint density at radius 2 is 2.26 bits per heavy atom. The van der Waals surface area contributed by atoms with Crippen molar-refractivity contribution in [1.29, 1.82) is 0 Å². The van der Waals surface area contributed by atoms with Crippen molar-refractivity contribution < 1.29 is 9.53 Å². The zero-order chi connectivity index (χ0) is 13.7. The van der Waals surface area contributed by atoms with Gasteiger partial charge in [-0.05, 0) is 30.7 Å². The fraction of sp³-hybridized carbons (Fsp3) is 0.154. The molecule has 0 amide bonds. The van der Waals surface area contributed by atoms with Gasteiger partial charge in [0.15, 0.2) is 0 Å². The van der Waals surface area contributed by atoms with E-state index in [2.05, 4.69) is 26.1 Å². The maximum atomic E-state index is 11.4. The largest absolute Gasteiger partial charge is 0.461 e. The van der Waals surface area contributed by atoms with E-state index < -0.39 is 5.97 Å². The molecule has 0 aliphatic carbocycles. The highest BCUT2D eigenvalue weighted by molar-refractivity contribution is 9.10. The Kier molecular flexibility index (Phi) is 4.81. The molecule has 0 fully saturated rings. The van der Waals surface area contributed by atoms with Crippen LogP contribution in [0.5, 0.6) is 0 Å². The molecule has 0 aliphatic rings. The van der Waals surface area contributed by atoms with E-state index in [1.165, 1.54) is 11.3 Å². The number of nitrogens with zero attached hydrogens (tertiary/aromatic N) is 2. The van der Waals surface area contributed by atoms with Gasteiger partial charge in [0.05, 0.1) is 6.61 Å². The lowest BCUT2D eigenvalue weighted by Crippen LogP contribution is -2.03. The monoisotopic (exact) mass is 338 g/mol. The number of esters is 1. The third-order valence-electron chi connectivity index (χ3n) is 2.16. The molecule has 1 aromatic heterocycles. The molecule has 0 aliphatic heterocycles. The highest BCUT2D eigenvalue weighted by Crippen LogP contribution is 2.16. The highest BCUT2D eigenvalue weighted by atomic mass is 79.9. The van der Waals surface area contributed by atoms with Crippen LogP contribution in [0.15, 0.2) is 28.7 Å². The van der Waals surface area contributed by atoms with Crippen LogP contribution in [0, 0.1) is 0 Å². The van der Waals surface area contributed by atoms with Crippen molar-refractivity contribution in [2.45, 2.75) is 6.92 Å². The lowest BCUT2D eigenvalue weighted by atomic mass is 10.2. The minimum Gasteiger partial charge on any atom is -0.461 e. The Labute approximate surface area is 123 Å². The number of ether oxygens (including phenoxy) is 1. The molecule has 6 heteroatoms. The van der Waals surface area contributed by atoms with Crippen molar-refractivity contribution in [3.8, 4) is 0 Å². The van der Waals surface area contributed by atoms with Crippen molar-refractivity contribution in [3.63, 3.8) is 0 Å². The van der Waals surface area contributed by atoms with E-state index in [9.17, 15) is 4.79 Å². The normalized spacial score (nSPS) is 10.8. The van der Waals surface area contributed by atoms with Gasteiger partial charge in [0, 0.05) is 4.47 Å². The van der Waals surface area contributed by atoms with Crippen molar-refractivity contribution >= 4 is 45.4 Å². The molecular formula is C13H11BrN2O2S. The van der Waals surface area contributed by atoms with Crippen LogP contribution in [0.2, 0.25) is 0 Å². The molecule has 2 aromatic rings. The number of hydrogen-bond acceptors (Lipinski definition) is 5. The van der Waals surface area contributed by atoms with E-state index in [1.54, 1.807) is 6.92 Å². The second-order valence-electron chi connectivity index (χ2n) is 3.55. The fourth-order valence-electron chi connectivity index (χ4n) is 1.36. The first kappa shape index (κ1) is 13.9. The van der Waals surface area contributed by atoms with Crippen LogP contribution in [0.4, 0.5) is 0 Å². The summed E-state index contributed by atoms with van der Waals surface area (Å²) in [5, 5.41) is 8.67. The van der Waals surface area contributed by atoms with E-state index in [0.29, 0.717) is 11.6 Å². The van der Waals surface area contributed by atoms with Crippen LogP contribution in [0.25, 0.3) is 12.2 Å². The van der Waals surface area contributed by atoms with Crippen LogP contribution >= 0.6 is 27.3 Å². The van der Waals surface area contributed by atoms with Gasteiger partial charge in [-0.3, -0.25) is 0 Å². The SMILES string of the molecule is CCOC(=O)c1nnc(/C=C/c2cccc(Br)c2)s1. The minimum atomic E-state index is -0.429. The average molecular weight is 339 g/mol. The zero-order valence-electron chi connectivity index (χ0n) is 10.2. The molecule has 1 aromatic carbocycles. The van der Waals surface area contributed by atoms with Gasteiger partial charge in [-0.1, -0.05) is 45.5 Å². The molecule has 0 N–H and O–H groups in total. The molecule has 0 atom stereocenters. The standard InChI is InChI=1S/C13H11BrN2O2S/c1-2-18-13(17)12-16-15-11(19-12)7-6-9-4-3-5-10(14)8-9/h3-8H,2H2,1H3/b7-6+. The summed E-state index contributed by atoms with van der Waals surface area (Å²) in [4.78, 5) is 11.4. The molecule has 1 heterocycles. The molecule has 0 spiro atoms. The van der Waals surface area contributed by atoms with Crippen molar-refractivity contribution in [3.05, 3.63) is 44.3 Å². The maximum absolute atomic E-state index is 11.4. The van der Waals surface area contributed by atoms with E-state index in [4.69, 9.17) is 4.74 Å². The van der Waals surface area contributed by atoms with Crippen LogP contribution in [-0.2, 0) is 4.74 Å². The number of carbonyl (C=O) groups excluding carboxylic acids is 1. The van der Waals surface area contributed by atoms with Gasteiger partial charge in [-0.15, -0.1) is 10.2 Å². The van der Waals surface area contributed by atoms with E-state index in [0.717, 1.165) is 10.0 Å². The van der Waals surface area contributed by atoms with Crippen molar-refractivity contribution in [1.82, 2.24) is 10.2 Å². The van der Waals surface area contributed by atoms with Crippen LogP contribution in [-0.4, -0.2) is 22.8 Å². The van der Waals surface area contributed by atoms with Gasteiger partial charge in [0.1, 0.15) is 5.01 Å². The smallest absolute Gasteiger partial charge is 0.369 e. The predicted molar refractivity (Wildman–Crippen MR) is 78.9 cm³/mol. The summed E-state index contributed by atoms with van der Waals surface area (Å²) in [6.45, 7) is 2.09. The van der Waals surface area contributed by atoms with Gasteiger partial charge in [0.2, 0.25) is 5.01 Å². The van der Waals surface area contributed by atoms with Crippen molar-refractivity contribution in [2.75, 3.05) is 6.61 Å². The summed E-state index contributed by atoms with van der Waals surface area (Å²) in [5.41, 5.74) is 1.04. The molecule has 0 radical (unpaired) electrons. The third-order valence-corrected chi connectivity index (χ3v) is 3.52. The van der Waals surface area contributed by atoms with Gasteiger partial charge >= 0.3 is 5.97 Å². The number of carbonyl (C=O) groups is 1. The predicted octanol–water partition coefficient (Wildman–Crippen LogP) is 3.65. The number of benzene rings is 1. The minimum absolute atomic E-state index is 0.274. The first-order valence-corrected chi connectivity index (χ1v) is 7.24. The molecule has 0 saturated carbocycles. The molecular weight excluding hydrogens is 328 g/mol. The average Bonchev–Trinajstić information content (AvgIpc) is 2.86. The number of halogens is 1. The summed E-state index contributed by atoms with van der Waals surface area (Å²) < 4.78 is 5.87. The second kappa shape index (κ2) is 6.58. The summed E-state index contributed by atoms with van der Waals surface area (Å²) >= 11 is 4.62. The third kappa shape index (κ3) is 3.97. The first-order chi connectivity index (χ1) is 9.19. The van der Waals surface area contributed by atoms with Gasteiger partial charge in [-0.2, -0.15) is 0 Å². The molecule has 0 unspecified atom stereocenters. The number of hydrogen-bond donors (Lipinski definition) is 0. The van der Waals surface area contributed by atoms with Crippen LogP contribution < -0.4 is 0 Å². The quantitative estimate of drug-likeness (QED) is 0.798. The number of rotatable bonds is 4. The Bertz CT molecular complexity index is 610. The lowest BCUT2D eigenvalue weighted by Gasteiger charge is -1.94. The Balaban J connectivity index is 2.09. The van der Waals surface area contributed by atoms with Crippen LogP contribution in [0.3, 0.4) is 0 Å². The summed E-state index contributed by atoms with van der Waals surface area (Å²) in [6.07, 6.45) is 3.74. The van der Waals surface area contributed by atoms with Gasteiger partial charge in [-0.25, -0.2) is 4.79 Å². The summed E-state index contributed by atoms with van der Waals surface area (Å²) in [7, 11) is 0. The molecule has 4 nitrogen and oxygen atoms in total. The highest BCUT2D eigenvalue weighted by Gasteiger charge is 2.12. The first-order valence-electron chi connectivity index (χ1n) is 5.63. The topological polar surface area (TPSA) is 52.1 Å².